The summed E-state index contributed by atoms with van der Waals surface area (Å²) in [6.07, 6.45) is 5.79. The van der Waals surface area contributed by atoms with Gasteiger partial charge in [0.2, 0.25) is 0 Å². The highest BCUT2D eigenvalue weighted by atomic mass is 16.3. The molecule has 0 radical (unpaired) electrons. The van der Waals surface area contributed by atoms with E-state index in [2.05, 4.69) is 19.0 Å². The number of rotatable bonds is 6. The van der Waals surface area contributed by atoms with Crippen LogP contribution in [-0.2, 0) is 0 Å². The molecule has 0 spiro atoms. The van der Waals surface area contributed by atoms with Crippen LogP contribution in [0.4, 0.5) is 0 Å². The summed E-state index contributed by atoms with van der Waals surface area (Å²) < 4.78 is 0. The van der Waals surface area contributed by atoms with Crippen LogP contribution in [0.2, 0.25) is 0 Å². The van der Waals surface area contributed by atoms with Crippen LogP contribution in [0.1, 0.15) is 40.5 Å². The zero-order chi connectivity index (χ0) is 12.8. The van der Waals surface area contributed by atoms with Crippen LogP contribution < -0.4 is 0 Å². The van der Waals surface area contributed by atoms with Crippen LogP contribution in [0.25, 0.3) is 0 Å². The topological polar surface area (TPSA) is 23.5 Å². The van der Waals surface area contributed by atoms with Gasteiger partial charge in [0.15, 0.2) is 0 Å². The first-order valence-electron chi connectivity index (χ1n) is 6.02. The first-order chi connectivity index (χ1) is 7.38. The van der Waals surface area contributed by atoms with E-state index in [1.54, 1.807) is 0 Å². The van der Waals surface area contributed by atoms with E-state index in [-0.39, 0.29) is 0 Å². The third-order valence-electron chi connectivity index (χ3n) is 3.31. The van der Waals surface area contributed by atoms with Gasteiger partial charge in [0.05, 0.1) is 0 Å². The first kappa shape index (κ1) is 15.4. The lowest BCUT2D eigenvalue weighted by molar-refractivity contribution is 0.101. The molecule has 0 saturated heterocycles. The number of hydrogen-bond acceptors (Lipinski definition) is 2. The van der Waals surface area contributed by atoms with E-state index in [4.69, 9.17) is 0 Å². The highest BCUT2D eigenvalue weighted by Crippen LogP contribution is 2.30. The summed E-state index contributed by atoms with van der Waals surface area (Å²) in [4.78, 5) is 2.15. The van der Waals surface area contributed by atoms with Crippen LogP contribution in [0.5, 0.6) is 0 Å². The Labute approximate surface area is 101 Å². The fourth-order valence-corrected chi connectivity index (χ4v) is 1.83. The minimum Gasteiger partial charge on any atom is -0.381 e. The summed E-state index contributed by atoms with van der Waals surface area (Å²) in [5.74, 6) is 0. The molecule has 0 aliphatic heterocycles. The van der Waals surface area contributed by atoms with Crippen LogP contribution >= 0.6 is 0 Å². The van der Waals surface area contributed by atoms with Crippen molar-refractivity contribution in [2.75, 3.05) is 20.6 Å². The molecule has 1 N–H and O–H groups in total. The molecule has 0 aromatic heterocycles. The summed E-state index contributed by atoms with van der Waals surface area (Å²) in [6.45, 7) is 8.98. The summed E-state index contributed by atoms with van der Waals surface area (Å²) in [7, 11) is 4.12. The van der Waals surface area contributed by atoms with Crippen molar-refractivity contribution in [3.8, 4) is 0 Å². The highest BCUT2D eigenvalue weighted by molar-refractivity contribution is 5.29. The Morgan fingerprint density at radius 3 is 1.88 bits per heavy atom. The molecular formula is C14H27NO. The van der Waals surface area contributed by atoms with Crippen molar-refractivity contribution in [1.82, 2.24) is 4.90 Å². The van der Waals surface area contributed by atoms with Crippen LogP contribution in [0.15, 0.2) is 23.3 Å². The number of allylic oxidation sites excluding steroid dienone is 2. The van der Waals surface area contributed by atoms with Gasteiger partial charge >= 0.3 is 0 Å². The number of aliphatic hydroxyl groups is 1. The monoisotopic (exact) mass is 225 g/mol. The average Bonchev–Trinajstić information content (AvgIpc) is 2.25. The van der Waals surface area contributed by atoms with Crippen LogP contribution in [0.3, 0.4) is 0 Å². The third kappa shape index (κ3) is 4.11. The van der Waals surface area contributed by atoms with Crippen molar-refractivity contribution in [3.63, 3.8) is 0 Å². The molecule has 0 heterocycles. The summed E-state index contributed by atoms with van der Waals surface area (Å²) in [6, 6.07) is 0. The first-order valence-corrected chi connectivity index (χ1v) is 6.02. The van der Waals surface area contributed by atoms with E-state index in [0.29, 0.717) is 0 Å². The van der Waals surface area contributed by atoms with Crippen molar-refractivity contribution < 1.29 is 5.11 Å². The standard InChI is InChI=1S/C14H27NO/c1-7-12(3)14(16,13(4)8-2)10-9-11-15(5)6/h7-8,16H,9-11H2,1-6H3/b12-7-,13-8+. The molecule has 0 saturated carbocycles. The van der Waals surface area contributed by atoms with Gasteiger partial charge in [-0.25, -0.2) is 0 Å². The predicted octanol–water partition coefficient (Wildman–Crippen LogP) is 2.99. The molecule has 2 nitrogen and oxygen atoms in total. The fraction of sp³-hybridized carbons (Fsp3) is 0.714. The molecule has 0 aliphatic carbocycles. The van der Waals surface area contributed by atoms with Gasteiger partial charge in [-0.1, -0.05) is 12.2 Å². The molecule has 0 fully saturated rings. The molecule has 2 heteroatoms. The van der Waals surface area contributed by atoms with Crippen molar-refractivity contribution in [2.45, 2.75) is 46.1 Å². The highest BCUT2D eigenvalue weighted by Gasteiger charge is 2.29. The number of nitrogens with zero attached hydrogens (tertiary/aromatic N) is 1. The van der Waals surface area contributed by atoms with Gasteiger partial charge in [0, 0.05) is 0 Å². The Balaban J connectivity index is 4.70. The van der Waals surface area contributed by atoms with Crippen LogP contribution in [-0.4, -0.2) is 36.2 Å². The quantitative estimate of drug-likeness (QED) is 0.702. The molecule has 16 heavy (non-hydrogen) atoms. The van der Waals surface area contributed by atoms with Crippen molar-refractivity contribution in [2.24, 2.45) is 0 Å². The fourth-order valence-electron chi connectivity index (χ4n) is 1.83. The van der Waals surface area contributed by atoms with E-state index >= 15 is 0 Å². The van der Waals surface area contributed by atoms with Gasteiger partial charge in [-0.05, 0) is 72.3 Å². The molecule has 0 aromatic carbocycles. The summed E-state index contributed by atoms with van der Waals surface area (Å²) >= 11 is 0. The molecule has 0 aromatic rings. The minimum absolute atomic E-state index is 0.750. The van der Waals surface area contributed by atoms with Gasteiger partial charge in [0.25, 0.3) is 0 Å². The maximum Gasteiger partial charge on any atom is 0.106 e. The van der Waals surface area contributed by atoms with E-state index in [1.165, 1.54) is 0 Å². The number of hydrogen-bond donors (Lipinski definition) is 1. The lowest BCUT2D eigenvalue weighted by Gasteiger charge is -2.31. The Bertz CT molecular complexity index is 246. The summed E-state index contributed by atoms with van der Waals surface area (Å²) in [5.41, 5.74) is 1.34. The molecule has 0 aliphatic rings. The smallest absolute Gasteiger partial charge is 0.106 e. The Kier molecular flexibility index (Phi) is 6.61. The molecule has 0 bridgehead atoms. The van der Waals surface area contributed by atoms with E-state index in [9.17, 15) is 5.11 Å². The predicted molar refractivity (Wildman–Crippen MR) is 71.6 cm³/mol. The van der Waals surface area contributed by atoms with E-state index in [1.807, 2.05) is 39.8 Å². The van der Waals surface area contributed by atoms with Gasteiger partial charge in [-0.15, -0.1) is 0 Å². The lowest BCUT2D eigenvalue weighted by Crippen LogP contribution is -2.32. The Morgan fingerprint density at radius 1 is 1.12 bits per heavy atom. The largest absolute Gasteiger partial charge is 0.381 e. The maximum absolute atomic E-state index is 10.7. The summed E-state index contributed by atoms with van der Waals surface area (Å²) in [5, 5.41) is 10.7. The average molecular weight is 225 g/mol. The molecule has 0 amide bonds. The third-order valence-corrected chi connectivity index (χ3v) is 3.31. The van der Waals surface area contributed by atoms with Crippen LogP contribution in [0, 0.1) is 0 Å². The SMILES string of the molecule is C/C=C(/C)C(O)(CCCN(C)C)/C(C)=C/C. The van der Waals surface area contributed by atoms with Crippen molar-refractivity contribution >= 4 is 0 Å². The Hall–Kier alpha value is -0.600. The normalized spacial score (nSPS) is 17.8. The zero-order valence-corrected chi connectivity index (χ0v) is 11.7. The second kappa shape index (κ2) is 6.87. The second-order valence-corrected chi connectivity index (χ2v) is 4.71. The van der Waals surface area contributed by atoms with Crippen molar-refractivity contribution in [3.05, 3.63) is 23.3 Å². The Morgan fingerprint density at radius 2 is 1.56 bits per heavy atom. The molecule has 1 atom stereocenters. The van der Waals surface area contributed by atoms with E-state index < -0.39 is 5.60 Å². The minimum atomic E-state index is -0.750. The second-order valence-electron chi connectivity index (χ2n) is 4.71. The van der Waals surface area contributed by atoms with Gasteiger partial charge in [0.1, 0.15) is 5.60 Å². The van der Waals surface area contributed by atoms with E-state index in [0.717, 1.165) is 30.5 Å². The molecular weight excluding hydrogens is 198 g/mol. The molecule has 1 unspecified atom stereocenters. The van der Waals surface area contributed by atoms with Gasteiger partial charge in [-0.2, -0.15) is 0 Å². The van der Waals surface area contributed by atoms with Gasteiger partial charge < -0.3 is 10.0 Å². The molecule has 94 valence electrons. The lowest BCUT2D eigenvalue weighted by atomic mass is 9.83. The van der Waals surface area contributed by atoms with Gasteiger partial charge in [-0.3, -0.25) is 0 Å². The zero-order valence-electron chi connectivity index (χ0n) is 11.7. The van der Waals surface area contributed by atoms with Crippen molar-refractivity contribution in [1.29, 1.82) is 0 Å². The maximum atomic E-state index is 10.7. The molecule has 0 rings (SSSR count).